The lowest BCUT2D eigenvalue weighted by molar-refractivity contribution is -0.134. The lowest BCUT2D eigenvalue weighted by Gasteiger charge is -2.32. The fourth-order valence-electron chi connectivity index (χ4n) is 2.60. The predicted octanol–water partition coefficient (Wildman–Crippen LogP) is 4.23. The van der Waals surface area contributed by atoms with Gasteiger partial charge in [-0.25, -0.2) is 0 Å². The Morgan fingerprint density at radius 3 is 2.17 bits per heavy atom. The van der Waals surface area contributed by atoms with E-state index < -0.39 is 29.4 Å². The Labute approximate surface area is 142 Å². The van der Waals surface area contributed by atoms with Gasteiger partial charge < -0.3 is 14.0 Å². The summed E-state index contributed by atoms with van der Waals surface area (Å²) < 4.78 is 57.0. The SMILES string of the molecule is COc1ccc(B2OC(C)(C)C(C)(C)O2)c2cc(C(F)(F)F)sc12. The molecule has 2 heterocycles. The Balaban J connectivity index is 2.15. The van der Waals surface area contributed by atoms with E-state index in [-0.39, 0.29) is 0 Å². The highest BCUT2D eigenvalue weighted by Gasteiger charge is 2.52. The van der Waals surface area contributed by atoms with Crippen LogP contribution < -0.4 is 10.2 Å². The highest BCUT2D eigenvalue weighted by Crippen LogP contribution is 2.42. The number of hydrogen-bond acceptors (Lipinski definition) is 4. The molecule has 1 aliphatic rings. The van der Waals surface area contributed by atoms with Gasteiger partial charge in [0.25, 0.3) is 0 Å². The van der Waals surface area contributed by atoms with Gasteiger partial charge in [0.05, 0.1) is 23.0 Å². The van der Waals surface area contributed by atoms with Crippen molar-refractivity contribution in [1.29, 1.82) is 0 Å². The van der Waals surface area contributed by atoms with Gasteiger partial charge in [0.2, 0.25) is 0 Å². The van der Waals surface area contributed by atoms with Gasteiger partial charge in [0, 0.05) is 0 Å². The molecule has 1 saturated heterocycles. The fourth-order valence-corrected chi connectivity index (χ4v) is 3.65. The van der Waals surface area contributed by atoms with Gasteiger partial charge in [-0.05, 0) is 50.7 Å². The Morgan fingerprint density at radius 2 is 1.67 bits per heavy atom. The Hall–Kier alpha value is -1.25. The quantitative estimate of drug-likeness (QED) is 0.752. The lowest BCUT2D eigenvalue weighted by atomic mass is 9.77. The molecular weight excluding hydrogens is 340 g/mol. The van der Waals surface area contributed by atoms with Crippen molar-refractivity contribution in [3.63, 3.8) is 0 Å². The van der Waals surface area contributed by atoms with Crippen molar-refractivity contribution in [3.8, 4) is 5.75 Å². The van der Waals surface area contributed by atoms with Crippen LogP contribution in [0.2, 0.25) is 0 Å². The molecule has 0 amide bonds. The van der Waals surface area contributed by atoms with Gasteiger partial charge >= 0.3 is 13.3 Å². The molecule has 3 nitrogen and oxygen atoms in total. The van der Waals surface area contributed by atoms with E-state index in [0.29, 0.717) is 32.6 Å². The third-order valence-electron chi connectivity index (χ3n) is 4.69. The van der Waals surface area contributed by atoms with Crippen LogP contribution >= 0.6 is 11.3 Å². The van der Waals surface area contributed by atoms with E-state index in [9.17, 15) is 13.2 Å². The lowest BCUT2D eigenvalue weighted by Crippen LogP contribution is -2.41. The number of hydrogen-bond donors (Lipinski definition) is 0. The van der Waals surface area contributed by atoms with E-state index in [1.807, 2.05) is 27.7 Å². The van der Waals surface area contributed by atoms with Crippen molar-refractivity contribution >= 4 is 34.0 Å². The van der Waals surface area contributed by atoms with E-state index in [0.717, 1.165) is 6.07 Å². The molecule has 0 saturated carbocycles. The van der Waals surface area contributed by atoms with Crippen molar-refractivity contribution in [3.05, 3.63) is 23.1 Å². The van der Waals surface area contributed by atoms with Crippen LogP contribution in [0.15, 0.2) is 18.2 Å². The molecule has 1 fully saturated rings. The number of methoxy groups -OCH3 is 1. The molecule has 1 aliphatic heterocycles. The molecule has 1 aromatic carbocycles. The zero-order chi connectivity index (χ0) is 17.9. The summed E-state index contributed by atoms with van der Waals surface area (Å²) in [5.41, 5.74) is -0.546. The number of fused-ring (bicyclic) bond motifs is 1. The van der Waals surface area contributed by atoms with Crippen LogP contribution in [0, 0.1) is 0 Å². The summed E-state index contributed by atoms with van der Waals surface area (Å²) in [5, 5.41) is 0.449. The van der Waals surface area contributed by atoms with Crippen molar-refractivity contribution < 1.29 is 27.2 Å². The summed E-state index contributed by atoms with van der Waals surface area (Å²) >= 11 is 0.667. The third kappa shape index (κ3) is 2.70. The standard InChI is InChI=1S/C16H18BF3O3S/c1-14(2)15(3,4)23-17(22-14)10-6-7-11(21-5)13-9(10)8-12(24-13)16(18,19)20/h6-8H,1-5H3. The van der Waals surface area contributed by atoms with Crippen LogP contribution in [-0.4, -0.2) is 25.4 Å². The highest BCUT2D eigenvalue weighted by atomic mass is 32.1. The molecule has 0 aliphatic carbocycles. The molecular formula is C16H18BF3O3S. The number of benzene rings is 1. The third-order valence-corrected chi connectivity index (χ3v) is 5.88. The van der Waals surface area contributed by atoms with E-state index in [1.165, 1.54) is 7.11 Å². The maximum absolute atomic E-state index is 13.1. The van der Waals surface area contributed by atoms with Gasteiger partial charge in [-0.2, -0.15) is 13.2 Å². The van der Waals surface area contributed by atoms with Gasteiger partial charge in [0.15, 0.2) is 0 Å². The molecule has 0 bridgehead atoms. The van der Waals surface area contributed by atoms with Crippen LogP contribution in [0.4, 0.5) is 13.2 Å². The minimum absolute atomic E-state index is 0.408. The number of thiophene rings is 1. The second kappa shape index (κ2) is 5.38. The van der Waals surface area contributed by atoms with Crippen molar-refractivity contribution in [2.24, 2.45) is 0 Å². The monoisotopic (exact) mass is 358 g/mol. The first-order valence-electron chi connectivity index (χ1n) is 7.49. The van der Waals surface area contributed by atoms with Crippen molar-refractivity contribution in [2.45, 2.75) is 45.1 Å². The largest absolute Gasteiger partial charge is 0.495 e. The molecule has 0 N–H and O–H groups in total. The summed E-state index contributed by atoms with van der Waals surface area (Å²) in [6, 6.07) is 4.50. The molecule has 0 unspecified atom stereocenters. The highest BCUT2D eigenvalue weighted by molar-refractivity contribution is 7.19. The Kier molecular flexibility index (Phi) is 3.94. The zero-order valence-electron chi connectivity index (χ0n) is 14.1. The molecule has 130 valence electrons. The second-order valence-corrected chi connectivity index (χ2v) is 7.85. The van der Waals surface area contributed by atoms with Crippen molar-refractivity contribution in [1.82, 2.24) is 0 Å². The molecule has 1 aromatic heterocycles. The molecule has 0 spiro atoms. The summed E-state index contributed by atoms with van der Waals surface area (Å²) in [6.45, 7) is 7.62. The average molecular weight is 358 g/mol. The molecule has 0 radical (unpaired) electrons. The van der Waals surface area contributed by atoms with Crippen LogP contribution in [0.25, 0.3) is 10.1 Å². The van der Waals surface area contributed by atoms with Crippen molar-refractivity contribution in [2.75, 3.05) is 7.11 Å². The average Bonchev–Trinajstić information content (AvgIpc) is 2.97. The van der Waals surface area contributed by atoms with Gasteiger partial charge in [-0.15, -0.1) is 11.3 Å². The fraction of sp³-hybridized carbons (Fsp3) is 0.500. The number of halogens is 3. The number of rotatable bonds is 2. The normalized spacial score (nSPS) is 19.9. The Bertz CT molecular complexity index is 767. The predicted molar refractivity (Wildman–Crippen MR) is 89.1 cm³/mol. The maximum Gasteiger partial charge on any atom is 0.495 e. The smallest absolute Gasteiger partial charge is 0.495 e. The maximum atomic E-state index is 13.1. The van der Waals surface area contributed by atoms with Crippen LogP contribution in [0.1, 0.15) is 32.6 Å². The van der Waals surface area contributed by atoms with E-state index in [1.54, 1.807) is 12.1 Å². The van der Waals surface area contributed by atoms with E-state index in [4.69, 9.17) is 14.0 Å². The first kappa shape index (κ1) is 17.6. The number of alkyl halides is 3. The van der Waals surface area contributed by atoms with E-state index >= 15 is 0 Å². The number of ether oxygens (including phenoxy) is 1. The van der Waals surface area contributed by atoms with Crippen LogP contribution in [0.5, 0.6) is 5.75 Å². The molecule has 2 aromatic rings. The summed E-state index contributed by atoms with van der Waals surface area (Å²) in [4.78, 5) is -0.667. The molecule has 8 heteroatoms. The second-order valence-electron chi connectivity index (χ2n) is 6.80. The van der Waals surface area contributed by atoms with Gasteiger partial charge in [0.1, 0.15) is 10.6 Å². The topological polar surface area (TPSA) is 27.7 Å². The van der Waals surface area contributed by atoms with Crippen LogP contribution in [0.3, 0.4) is 0 Å². The van der Waals surface area contributed by atoms with E-state index in [2.05, 4.69) is 0 Å². The first-order valence-corrected chi connectivity index (χ1v) is 8.31. The molecule has 0 atom stereocenters. The summed E-state index contributed by atoms with van der Waals surface area (Å²) in [6.07, 6.45) is -4.40. The minimum atomic E-state index is -4.40. The first-order chi connectivity index (χ1) is 11.0. The summed E-state index contributed by atoms with van der Waals surface area (Å²) in [5.74, 6) is 0.408. The molecule has 3 rings (SSSR count). The molecule has 24 heavy (non-hydrogen) atoms. The van der Waals surface area contributed by atoms with Gasteiger partial charge in [-0.3, -0.25) is 0 Å². The summed E-state index contributed by atoms with van der Waals surface area (Å²) in [7, 11) is 0.718. The minimum Gasteiger partial charge on any atom is -0.495 e. The van der Waals surface area contributed by atoms with Crippen LogP contribution in [-0.2, 0) is 15.5 Å². The zero-order valence-corrected chi connectivity index (χ0v) is 14.9. The van der Waals surface area contributed by atoms with Gasteiger partial charge in [-0.1, -0.05) is 6.07 Å². The Morgan fingerprint density at radius 1 is 1.08 bits per heavy atom.